The summed E-state index contributed by atoms with van der Waals surface area (Å²) in [5.74, 6) is -7.40. The standard InChI is InChI=1S/C23H24F2N2O5/c1-2-7-19(20(28)29)27-21(30)23(24,25)13-26-22(31)32-12-18-16-10-5-3-8-14(16)15-9-4-6-11-17(15)18/h3-6,8-11,18-19H,2,7,12-13H2,1H3,(H,26,31)(H,27,30)(H,28,29)/t19-/m0/s1. The van der Waals surface area contributed by atoms with Gasteiger partial charge in [-0.1, -0.05) is 61.9 Å². The second kappa shape index (κ2) is 9.76. The van der Waals surface area contributed by atoms with Crippen LogP contribution in [0.4, 0.5) is 13.6 Å². The van der Waals surface area contributed by atoms with E-state index in [0.29, 0.717) is 6.42 Å². The molecule has 32 heavy (non-hydrogen) atoms. The lowest BCUT2D eigenvalue weighted by atomic mass is 9.98. The van der Waals surface area contributed by atoms with Gasteiger partial charge in [-0.05, 0) is 28.7 Å². The molecule has 0 aliphatic heterocycles. The van der Waals surface area contributed by atoms with Gasteiger partial charge in [-0.15, -0.1) is 0 Å². The number of benzene rings is 2. The van der Waals surface area contributed by atoms with Crippen LogP contribution in [0.15, 0.2) is 48.5 Å². The fourth-order valence-electron chi connectivity index (χ4n) is 3.72. The number of fused-ring (bicyclic) bond motifs is 3. The highest BCUT2D eigenvalue weighted by Gasteiger charge is 2.41. The Morgan fingerprint density at radius 1 is 1.06 bits per heavy atom. The Morgan fingerprint density at radius 3 is 2.16 bits per heavy atom. The van der Waals surface area contributed by atoms with E-state index in [9.17, 15) is 23.2 Å². The average Bonchev–Trinajstić information content (AvgIpc) is 3.09. The molecule has 0 aromatic heterocycles. The third-order valence-electron chi connectivity index (χ3n) is 5.31. The lowest BCUT2D eigenvalue weighted by Crippen LogP contribution is -2.52. The fraction of sp³-hybridized carbons (Fsp3) is 0.348. The van der Waals surface area contributed by atoms with Crippen LogP contribution < -0.4 is 10.6 Å². The van der Waals surface area contributed by atoms with Crippen molar-refractivity contribution in [3.63, 3.8) is 0 Å². The Balaban J connectivity index is 1.56. The van der Waals surface area contributed by atoms with Crippen LogP contribution in [-0.4, -0.2) is 48.2 Å². The van der Waals surface area contributed by atoms with Gasteiger partial charge in [-0.3, -0.25) is 4.79 Å². The van der Waals surface area contributed by atoms with Crippen LogP contribution in [0, 0.1) is 0 Å². The summed E-state index contributed by atoms with van der Waals surface area (Å²) in [6.45, 7) is 0.294. The minimum Gasteiger partial charge on any atom is -0.480 e. The Kier molecular flexibility index (Phi) is 7.07. The largest absolute Gasteiger partial charge is 0.480 e. The third kappa shape index (κ3) is 5.04. The van der Waals surface area contributed by atoms with E-state index in [1.807, 2.05) is 53.8 Å². The minimum absolute atomic E-state index is 0.0109. The maximum absolute atomic E-state index is 14.1. The van der Waals surface area contributed by atoms with Gasteiger partial charge in [0.1, 0.15) is 12.6 Å². The van der Waals surface area contributed by atoms with Crippen LogP contribution in [-0.2, 0) is 14.3 Å². The first-order valence-electron chi connectivity index (χ1n) is 10.2. The van der Waals surface area contributed by atoms with E-state index in [0.717, 1.165) is 22.3 Å². The van der Waals surface area contributed by atoms with Crippen molar-refractivity contribution >= 4 is 18.0 Å². The summed E-state index contributed by atoms with van der Waals surface area (Å²) in [5, 5.41) is 12.7. The van der Waals surface area contributed by atoms with Gasteiger partial charge in [0.2, 0.25) is 0 Å². The molecule has 1 atom stereocenters. The molecule has 2 amide bonds. The average molecular weight is 446 g/mol. The summed E-state index contributed by atoms with van der Waals surface area (Å²) >= 11 is 0. The number of carboxylic acid groups (broad SMARTS) is 1. The maximum Gasteiger partial charge on any atom is 0.407 e. The molecular weight excluding hydrogens is 422 g/mol. The van der Waals surface area contributed by atoms with Crippen molar-refractivity contribution in [3.8, 4) is 11.1 Å². The van der Waals surface area contributed by atoms with Gasteiger partial charge in [0, 0.05) is 5.92 Å². The maximum atomic E-state index is 14.1. The highest BCUT2D eigenvalue weighted by Crippen LogP contribution is 2.44. The van der Waals surface area contributed by atoms with E-state index in [2.05, 4.69) is 0 Å². The first-order chi connectivity index (χ1) is 15.2. The van der Waals surface area contributed by atoms with Crippen molar-refractivity contribution in [2.75, 3.05) is 13.2 Å². The molecule has 3 rings (SSSR count). The molecule has 0 heterocycles. The molecule has 1 aliphatic rings. The molecule has 0 radical (unpaired) electrons. The zero-order valence-corrected chi connectivity index (χ0v) is 17.4. The number of ether oxygens (including phenoxy) is 1. The zero-order chi connectivity index (χ0) is 23.3. The number of carbonyl (C=O) groups is 3. The molecule has 7 nitrogen and oxygen atoms in total. The predicted octanol–water partition coefficient (Wildman–Crippen LogP) is 3.53. The van der Waals surface area contributed by atoms with Gasteiger partial charge in [0.15, 0.2) is 0 Å². The van der Waals surface area contributed by atoms with E-state index < -0.39 is 36.5 Å². The fourth-order valence-corrected chi connectivity index (χ4v) is 3.72. The highest BCUT2D eigenvalue weighted by atomic mass is 19.3. The molecule has 9 heteroatoms. The lowest BCUT2D eigenvalue weighted by Gasteiger charge is -2.20. The summed E-state index contributed by atoms with van der Waals surface area (Å²) in [7, 11) is 0. The second-order valence-corrected chi connectivity index (χ2v) is 7.54. The first-order valence-corrected chi connectivity index (χ1v) is 10.2. The molecule has 1 aliphatic carbocycles. The van der Waals surface area contributed by atoms with Gasteiger partial charge in [-0.25, -0.2) is 9.59 Å². The quantitative estimate of drug-likeness (QED) is 0.547. The number of nitrogens with one attached hydrogen (secondary N) is 2. The topological polar surface area (TPSA) is 105 Å². The molecule has 0 fully saturated rings. The molecule has 0 saturated carbocycles. The summed E-state index contributed by atoms with van der Waals surface area (Å²) in [6.07, 6.45) is -0.694. The van der Waals surface area contributed by atoms with Gasteiger partial charge in [0.05, 0.1) is 6.54 Å². The molecule has 0 saturated heterocycles. The summed E-state index contributed by atoms with van der Waals surface area (Å²) in [5.41, 5.74) is 4.00. The number of carbonyl (C=O) groups excluding carboxylic acids is 2. The molecule has 0 unspecified atom stereocenters. The van der Waals surface area contributed by atoms with Crippen molar-refractivity contribution in [1.29, 1.82) is 0 Å². The van der Waals surface area contributed by atoms with Crippen LogP contribution in [0.5, 0.6) is 0 Å². The van der Waals surface area contributed by atoms with Crippen molar-refractivity contribution in [2.45, 2.75) is 37.6 Å². The van der Waals surface area contributed by atoms with Crippen molar-refractivity contribution in [3.05, 3.63) is 59.7 Å². The SMILES string of the molecule is CCC[C@H](NC(=O)C(F)(F)CNC(=O)OCC1c2ccccc2-c2ccccc21)C(=O)O. The third-order valence-corrected chi connectivity index (χ3v) is 5.31. The zero-order valence-electron chi connectivity index (χ0n) is 17.4. The van der Waals surface area contributed by atoms with Crippen LogP contribution in [0.25, 0.3) is 11.1 Å². The summed E-state index contributed by atoms with van der Waals surface area (Å²) < 4.78 is 33.4. The second-order valence-electron chi connectivity index (χ2n) is 7.54. The van der Waals surface area contributed by atoms with Crippen LogP contribution in [0.3, 0.4) is 0 Å². The Bertz CT molecular complexity index is 966. The molecular formula is C23H24F2N2O5. The molecule has 2 aromatic carbocycles. The number of hydrogen-bond acceptors (Lipinski definition) is 4. The highest BCUT2D eigenvalue weighted by molar-refractivity contribution is 5.88. The molecule has 3 N–H and O–H groups in total. The Morgan fingerprint density at radius 2 is 1.62 bits per heavy atom. The van der Waals surface area contributed by atoms with Crippen LogP contribution in [0.2, 0.25) is 0 Å². The number of carboxylic acids is 1. The summed E-state index contributed by atoms with van der Waals surface area (Å²) in [4.78, 5) is 34.9. The molecule has 0 bridgehead atoms. The number of hydrogen-bond donors (Lipinski definition) is 3. The number of alkyl halides is 2. The smallest absolute Gasteiger partial charge is 0.407 e. The van der Waals surface area contributed by atoms with E-state index in [1.165, 1.54) is 0 Å². The predicted molar refractivity (Wildman–Crippen MR) is 112 cm³/mol. The van der Waals surface area contributed by atoms with Gasteiger partial charge >= 0.3 is 18.0 Å². The number of halogens is 2. The summed E-state index contributed by atoms with van der Waals surface area (Å²) in [6, 6.07) is 13.9. The molecule has 0 spiro atoms. The number of rotatable bonds is 9. The van der Waals surface area contributed by atoms with Crippen molar-refractivity contribution in [1.82, 2.24) is 10.6 Å². The lowest BCUT2D eigenvalue weighted by molar-refractivity contribution is -0.150. The van der Waals surface area contributed by atoms with E-state index in [-0.39, 0.29) is 18.9 Å². The first kappa shape index (κ1) is 23.2. The normalized spacial score (nSPS) is 13.6. The van der Waals surface area contributed by atoms with Crippen molar-refractivity contribution < 1.29 is 33.0 Å². The van der Waals surface area contributed by atoms with Crippen molar-refractivity contribution in [2.24, 2.45) is 0 Å². The van der Waals surface area contributed by atoms with Crippen LogP contribution in [0.1, 0.15) is 36.8 Å². The monoisotopic (exact) mass is 446 g/mol. The Labute approximate surface area is 183 Å². The number of aliphatic carboxylic acids is 1. The van der Waals surface area contributed by atoms with E-state index in [4.69, 9.17) is 9.84 Å². The minimum atomic E-state index is -3.99. The van der Waals surface area contributed by atoms with Gasteiger partial charge in [0.25, 0.3) is 5.91 Å². The molecule has 170 valence electrons. The van der Waals surface area contributed by atoms with E-state index >= 15 is 0 Å². The number of amides is 2. The number of alkyl carbamates (subject to hydrolysis) is 1. The van der Waals surface area contributed by atoms with Gasteiger partial charge in [-0.2, -0.15) is 8.78 Å². The van der Waals surface area contributed by atoms with E-state index in [1.54, 1.807) is 12.2 Å². The van der Waals surface area contributed by atoms with Crippen LogP contribution >= 0.6 is 0 Å². The molecule has 2 aromatic rings. The Hall–Kier alpha value is -3.49. The van der Waals surface area contributed by atoms with Gasteiger partial charge < -0.3 is 20.5 Å².